The van der Waals surface area contributed by atoms with Crippen LogP contribution in [0.4, 0.5) is 5.69 Å². The standard InChI is InChI=1S/C16H25BrN2/c1-5-16(6-2)11-19(8-7-18-16)14-9-12(3)15(17)13(4)10-14/h9-10,18H,5-8,11H2,1-4H3. The largest absolute Gasteiger partial charge is 0.368 e. The van der Waals surface area contributed by atoms with Crippen LogP contribution in [0.1, 0.15) is 37.8 Å². The minimum atomic E-state index is 0.285. The van der Waals surface area contributed by atoms with Crippen LogP contribution in [0.25, 0.3) is 0 Å². The molecule has 1 aromatic carbocycles. The van der Waals surface area contributed by atoms with Crippen LogP contribution < -0.4 is 10.2 Å². The Kier molecular flexibility index (Phi) is 4.57. The molecule has 2 rings (SSSR count). The lowest BCUT2D eigenvalue weighted by molar-refractivity contribution is 0.277. The molecule has 3 heteroatoms. The number of hydrogen-bond acceptors (Lipinski definition) is 2. The van der Waals surface area contributed by atoms with Gasteiger partial charge in [-0.2, -0.15) is 0 Å². The second kappa shape index (κ2) is 5.84. The van der Waals surface area contributed by atoms with Gasteiger partial charge in [-0.1, -0.05) is 29.8 Å². The highest BCUT2D eigenvalue weighted by molar-refractivity contribution is 9.10. The van der Waals surface area contributed by atoms with Gasteiger partial charge in [0.1, 0.15) is 0 Å². The molecule has 1 saturated heterocycles. The maximum atomic E-state index is 3.72. The van der Waals surface area contributed by atoms with Crippen molar-refractivity contribution in [1.29, 1.82) is 0 Å². The summed E-state index contributed by atoms with van der Waals surface area (Å²) in [6.45, 7) is 12.2. The summed E-state index contributed by atoms with van der Waals surface area (Å²) in [5.74, 6) is 0. The molecule has 106 valence electrons. The average Bonchev–Trinajstić information content (AvgIpc) is 2.44. The van der Waals surface area contributed by atoms with Gasteiger partial charge in [0.2, 0.25) is 0 Å². The lowest BCUT2D eigenvalue weighted by atomic mass is 9.90. The highest BCUT2D eigenvalue weighted by Gasteiger charge is 2.31. The van der Waals surface area contributed by atoms with Crippen molar-refractivity contribution in [2.24, 2.45) is 0 Å². The molecule has 0 radical (unpaired) electrons. The van der Waals surface area contributed by atoms with Gasteiger partial charge in [0.25, 0.3) is 0 Å². The molecule has 0 aromatic heterocycles. The summed E-state index contributed by atoms with van der Waals surface area (Å²) < 4.78 is 1.24. The summed E-state index contributed by atoms with van der Waals surface area (Å²) in [6.07, 6.45) is 2.38. The average molecular weight is 325 g/mol. The third kappa shape index (κ3) is 2.97. The fourth-order valence-electron chi connectivity index (χ4n) is 3.01. The number of rotatable bonds is 3. The maximum absolute atomic E-state index is 3.72. The zero-order chi connectivity index (χ0) is 14.0. The summed E-state index contributed by atoms with van der Waals surface area (Å²) in [6, 6.07) is 4.61. The van der Waals surface area contributed by atoms with Crippen LogP contribution >= 0.6 is 15.9 Å². The van der Waals surface area contributed by atoms with Gasteiger partial charge in [-0.15, -0.1) is 0 Å². The zero-order valence-electron chi connectivity index (χ0n) is 12.5. The van der Waals surface area contributed by atoms with Crippen LogP contribution in [-0.2, 0) is 0 Å². The predicted molar refractivity (Wildman–Crippen MR) is 87.1 cm³/mol. The summed E-state index contributed by atoms with van der Waals surface area (Å²) in [4.78, 5) is 2.54. The van der Waals surface area contributed by atoms with E-state index in [0.717, 1.165) is 19.6 Å². The monoisotopic (exact) mass is 324 g/mol. The normalized spacial score (nSPS) is 18.7. The van der Waals surface area contributed by atoms with Gasteiger partial charge >= 0.3 is 0 Å². The smallest absolute Gasteiger partial charge is 0.0373 e. The van der Waals surface area contributed by atoms with Crippen molar-refractivity contribution in [3.63, 3.8) is 0 Å². The Morgan fingerprint density at radius 1 is 1.21 bits per heavy atom. The quantitative estimate of drug-likeness (QED) is 0.902. The fourth-order valence-corrected chi connectivity index (χ4v) is 3.23. The molecule has 0 bridgehead atoms. The highest BCUT2D eigenvalue weighted by Crippen LogP contribution is 2.30. The van der Waals surface area contributed by atoms with Crippen LogP contribution in [0.5, 0.6) is 0 Å². The van der Waals surface area contributed by atoms with E-state index >= 15 is 0 Å². The third-order valence-corrected chi connectivity index (χ3v) is 5.77. The van der Waals surface area contributed by atoms with E-state index in [2.05, 4.69) is 66.0 Å². The second-order valence-corrected chi connectivity index (χ2v) is 6.52. The van der Waals surface area contributed by atoms with E-state index in [1.54, 1.807) is 0 Å². The molecular weight excluding hydrogens is 300 g/mol. The molecule has 19 heavy (non-hydrogen) atoms. The molecule has 2 nitrogen and oxygen atoms in total. The third-order valence-electron chi connectivity index (χ3n) is 4.52. The number of aryl methyl sites for hydroxylation is 2. The van der Waals surface area contributed by atoms with Crippen LogP contribution in [0.15, 0.2) is 16.6 Å². The molecule has 0 amide bonds. The Morgan fingerprint density at radius 3 is 2.32 bits per heavy atom. The first-order chi connectivity index (χ1) is 9.01. The molecule has 0 spiro atoms. The number of anilines is 1. The van der Waals surface area contributed by atoms with Crippen molar-refractivity contribution in [2.45, 2.75) is 46.1 Å². The predicted octanol–water partition coefficient (Wildman–Crippen LogP) is 4.03. The van der Waals surface area contributed by atoms with Gasteiger partial charge in [-0.25, -0.2) is 0 Å². The number of hydrogen-bond donors (Lipinski definition) is 1. The summed E-state index contributed by atoms with van der Waals surface area (Å²) in [5.41, 5.74) is 4.30. The molecule has 1 aliphatic heterocycles. The molecule has 1 fully saturated rings. The topological polar surface area (TPSA) is 15.3 Å². The fraction of sp³-hybridized carbons (Fsp3) is 0.625. The van der Waals surface area contributed by atoms with Gasteiger partial charge in [0, 0.05) is 35.3 Å². The molecule has 1 aromatic rings. The van der Waals surface area contributed by atoms with Gasteiger partial charge < -0.3 is 10.2 Å². The van der Waals surface area contributed by atoms with Crippen LogP contribution in [0, 0.1) is 13.8 Å². The van der Waals surface area contributed by atoms with Crippen molar-refractivity contribution in [3.05, 3.63) is 27.7 Å². The van der Waals surface area contributed by atoms with E-state index < -0.39 is 0 Å². The molecule has 1 heterocycles. The molecule has 0 saturated carbocycles. The molecule has 1 N–H and O–H groups in total. The van der Waals surface area contributed by atoms with Crippen molar-refractivity contribution in [1.82, 2.24) is 5.32 Å². The Morgan fingerprint density at radius 2 is 1.79 bits per heavy atom. The first-order valence-corrected chi connectivity index (χ1v) is 8.07. The van der Waals surface area contributed by atoms with Crippen LogP contribution in [0.2, 0.25) is 0 Å². The maximum Gasteiger partial charge on any atom is 0.0373 e. The lowest BCUT2D eigenvalue weighted by Crippen LogP contribution is -2.60. The van der Waals surface area contributed by atoms with E-state index in [4.69, 9.17) is 0 Å². The summed E-state index contributed by atoms with van der Waals surface area (Å²) >= 11 is 3.66. The SMILES string of the molecule is CCC1(CC)CN(c2cc(C)c(Br)c(C)c2)CCN1. The molecule has 0 aliphatic carbocycles. The molecular formula is C16H25BrN2. The number of nitrogens with one attached hydrogen (secondary N) is 1. The van der Waals surface area contributed by atoms with Crippen molar-refractivity contribution in [2.75, 3.05) is 24.5 Å². The first kappa shape index (κ1) is 14.9. The minimum absolute atomic E-state index is 0.285. The van der Waals surface area contributed by atoms with Gasteiger partial charge in [0.15, 0.2) is 0 Å². The Labute approximate surface area is 125 Å². The Balaban J connectivity index is 2.27. The van der Waals surface area contributed by atoms with Crippen molar-refractivity contribution < 1.29 is 0 Å². The summed E-state index contributed by atoms with van der Waals surface area (Å²) in [7, 11) is 0. The van der Waals surface area contributed by atoms with E-state index in [9.17, 15) is 0 Å². The molecule has 1 aliphatic rings. The second-order valence-electron chi connectivity index (χ2n) is 5.73. The van der Waals surface area contributed by atoms with Crippen molar-refractivity contribution in [3.8, 4) is 0 Å². The van der Waals surface area contributed by atoms with Crippen molar-refractivity contribution >= 4 is 21.6 Å². The van der Waals surface area contributed by atoms with Gasteiger partial charge in [-0.3, -0.25) is 0 Å². The zero-order valence-corrected chi connectivity index (χ0v) is 14.1. The van der Waals surface area contributed by atoms with E-state index in [-0.39, 0.29) is 5.54 Å². The van der Waals surface area contributed by atoms with E-state index in [1.807, 2.05) is 0 Å². The number of nitrogens with zero attached hydrogens (tertiary/aromatic N) is 1. The van der Waals surface area contributed by atoms with Crippen LogP contribution in [-0.4, -0.2) is 25.2 Å². The van der Waals surface area contributed by atoms with Gasteiger partial charge in [0.05, 0.1) is 0 Å². The van der Waals surface area contributed by atoms with E-state index in [0.29, 0.717) is 0 Å². The molecule has 0 unspecified atom stereocenters. The number of halogens is 1. The minimum Gasteiger partial charge on any atom is -0.368 e. The molecule has 0 atom stereocenters. The number of piperazine rings is 1. The van der Waals surface area contributed by atoms with Crippen LogP contribution in [0.3, 0.4) is 0 Å². The lowest BCUT2D eigenvalue weighted by Gasteiger charge is -2.44. The first-order valence-electron chi connectivity index (χ1n) is 7.28. The Hall–Kier alpha value is -0.540. The van der Waals surface area contributed by atoms with E-state index in [1.165, 1.54) is 34.1 Å². The summed E-state index contributed by atoms with van der Waals surface area (Å²) in [5, 5.41) is 3.72. The number of benzene rings is 1. The highest BCUT2D eigenvalue weighted by atomic mass is 79.9. The van der Waals surface area contributed by atoms with Gasteiger partial charge in [-0.05, 0) is 49.9 Å². The Bertz CT molecular complexity index is 429.